The molecule has 1 aromatic carbocycles. The number of nitrogens with one attached hydrogen (secondary N) is 1. The maximum absolute atomic E-state index is 13.1. The van der Waals surface area contributed by atoms with Crippen LogP contribution in [-0.4, -0.2) is 32.1 Å². The fourth-order valence-electron chi connectivity index (χ4n) is 1.12. The van der Waals surface area contributed by atoms with Gasteiger partial charge >= 0.3 is 0 Å². The first-order chi connectivity index (χ1) is 7.00. The van der Waals surface area contributed by atoms with Gasteiger partial charge in [-0.1, -0.05) is 0 Å². The van der Waals surface area contributed by atoms with Gasteiger partial charge in [-0.05, 0) is 14.1 Å². The number of likely N-dealkylation sites (N-methyl/N-ethyl adjacent to an activating group) is 1. The number of nitrogens with zero attached hydrogens (tertiary/aromatic N) is 1. The van der Waals surface area contributed by atoms with Gasteiger partial charge in [-0.2, -0.15) is 0 Å². The fourth-order valence-corrected chi connectivity index (χ4v) is 1.12. The van der Waals surface area contributed by atoms with Crippen molar-refractivity contribution in [3.8, 4) is 0 Å². The van der Waals surface area contributed by atoms with Crippen molar-refractivity contribution >= 4 is 5.69 Å². The second kappa shape index (κ2) is 5.02. The van der Waals surface area contributed by atoms with E-state index in [2.05, 4.69) is 5.32 Å². The van der Waals surface area contributed by atoms with Crippen molar-refractivity contribution in [1.82, 2.24) is 4.90 Å². The Labute approximate surface area is 86.7 Å². The number of rotatable bonds is 4. The lowest BCUT2D eigenvalue weighted by Crippen LogP contribution is -2.21. The van der Waals surface area contributed by atoms with Crippen molar-refractivity contribution in [3.05, 3.63) is 29.6 Å². The van der Waals surface area contributed by atoms with Crippen LogP contribution in [0.25, 0.3) is 0 Å². The maximum Gasteiger partial charge on any atom is 0.152 e. The summed E-state index contributed by atoms with van der Waals surface area (Å²) < 4.78 is 38.7. The maximum atomic E-state index is 13.1. The predicted octanol–water partition coefficient (Wildman–Crippen LogP) is 2.08. The van der Waals surface area contributed by atoms with Gasteiger partial charge in [-0.25, -0.2) is 13.2 Å². The van der Waals surface area contributed by atoms with E-state index in [-0.39, 0.29) is 5.69 Å². The van der Waals surface area contributed by atoms with Crippen LogP contribution in [0.3, 0.4) is 0 Å². The van der Waals surface area contributed by atoms with E-state index in [1.165, 1.54) is 0 Å². The third kappa shape index (κ3) is 3.43. The lowest BCUT2D eigenvalue weighted by atomic mass is 10.2. The summed E-state index contributed by atoms with van der Waals surface area (Å²) in [5.74, 6) is -2.74. The minimum absolute atomic E-state index is 0.279. The molecule has 0 amide bonds. The van der Waals surface area contributed by atoms with Crippen molar-refractivity contribution < 1.29 is 13.2 Å². The van der Waals surface area contributed by atoms with Crippen LogP contribution in [-0.2, 0) is 0 Å². The summed E-state index contributed by atoms with van der Waals surface area (Å²) in [6.07, 6.45) is 0. The standard InChI is InChI=1S/C10H13F3N2/c1-15(2)4-3-14-10-8(12)5-7(11)6-9(10)13/h5-6,14H,3-4H2,1-2H3. The third-order valence-electron chi connectivity index (χ3n) is 1.87. The van der Waals surface area contributed by atoms with E-state index in [9.17, 15) is 13.2 Å². The van der Waals surface area contributed by atoms with Crippen molar-refractivity contribution in [2.45, 2.75) is 0 Å². The molecule has 0 saturated carbocycles. The van der Waals surface area contributed by atoms with Gasteiger partial charge in [0.1, 0.15) is 11.5 Å². The number of benzene rings is 1. The second-order valence-corrected chi connectivity index (χ2v) is 3.47. The van der Waals surface area contributed by atoms with Crippen molar-refractivity contribution in [2.75, 3.05) is 32.5 Å². The van der Waals surface area contributed by atoms with Gasteiger partial charge in [-0.3, -0.25) is 0 Å². The minimum atomic E-state index is -0.914. The summed E-state index contributed by atoms with van der Waals surface area (Å²) in [4.78, 5) is 1.87. The van der Waals surface area contributed by atoms with E-state index >= 15 is 0 Å². The summed E-state index contributed by atoms with van der Waals surface area (Å²) in [6.45, 7) is 1.03. The Hall–Kier alpha value is -1.23. The largest absolute Gasteiger partial charge is 0.379 e. The summed E-state index contributed by atoms with van der Waals surface area (Å²) in [5, 5.41) is 2.58. The van der Waals surface area contributed by atoms with Gasteiger partial charge in [0.25, 0.3) is 0 Å². The lowest BCUT2D eigenvalue weighted by molar-refractivity contribution is 0.424. The molecule has 1 rings (SSSR count). The van der Waals surface area contributed by atoms with Crippen LogP contribution in [0.1, 0.15) is 0 Å². The van der Waals surface area contributed by atoms with Gasteiger partial charge in [0.15, 0.2) is 11.6 Å². The Morgan fingerprint density at radius 2 is 1.67 bits per heavy atom. The third-order valence-corrected chi connectivity index (χ3v) is 1.87. The Balaban J connectivity index is 2.68. The van der Waals surface area contributed by atoms with Gasteiger partial charge in [0.2, 0.25) is 0 Å². The first-order valence-corrected chi connectivity index (χ1v) is 4.54. The van der Waals surface area contributed by atoms with Gasteiger partial charge in [0, 0.05) is 25.2 Å². The molecular weight excluding hydrogens is 205 g/mol. The first kappa shape index (κ1) is 11.8. The molecule has 15 heavy (non-hydrogen) atoms. The summed E-state index contributed by atoms with van der Waals surface area (Å²) in [6, 6.07) is 1.31. The molecule has 0 fully saturated rings. The van der Waals surface area contributed by atoms with Gasteiger partial charge < -0.3 is 10.2 Å². The van der Waals surface area contributed by atoms with E-state index in [1.807, 2.05) is 19.0 Å². The molecule has 0 aliphatic heterocycles. The molecule has 5 heteroatoms. The zero-order chi connectivity index (χ0) is 11.4. The molecule has 0 aromatic heterocycles. The van der Waals surface area contributed by atoms with Crippen LogP contribution in [0.4, 0.5) is 18.9 Å². The Bertz CT molecular complexity index is 316. The Morgan fingerprint density at radius 1 is 1.13 bits per heavy atom. The molecule has 0 unspecified atom stereocenters. The number of hydrogen-bond acceptors (Lipinski definition) is 2. The first-order valence-electron chi connectivity index (χ1n) is 4.54. The lowest BCUT2D eigenvalue weighted by Gasteiger charge is -2.12. The van der Waals surface area contributed by atoms with Crippen molar-refractivity contribution in [2.24, 2.45) is 0 Å². The zero-order valence-electron chi connectivity index (χ0n) is 8.65. The fraction of sp³-hybridized carbons (Fsp3) is 0.400. The van der Waals surface area contributed by atoms with Crippen LogP contribution in [0.5, 0.6) is 0 Å². The molecule has 0 aliphatic rings. The second-order valence-electron chi connectivity index (χ2n) is 3.47. The van der Waals surface area contributed by atoms with Crippen LogP contribution in [0.2, 0.25) is 0 Å². The summed E-state index contributed by atoms with van der Waals surface area (Å²) in [7, 11) is 3.69. The van der Waals surface area contributed by atoms with E-state index in [1.54, 1.807) is 0 Å². The molecule has 0 aliphatic carbocycles. The highest BCUT2D eigenvalue weighted by atomic mass is 19.1. The smallest absolute Gasteiger partial charge is 0.152 e. The number of halogens is 3. The molecule has 1 aromatic rings. The highest BCUT2D eigenvalue weighted by Crippen LogP contribution is 2.19. The van der Waals surface area contributed by atoms with Gasteiger partial charge in [-0.15, -0.1) is 0 Å². The van der Waals surface area contributed by atoms with Crippen LogP contribution in [0, 0.1) is 17.5 Å². The monoisotopic (exact) mass is 218 g/mol. The van der Waals surface area contributed by atoms with Crippen molar-refractivity contribution in [1.29, 1.82) is 0 Å². The Morgan fingerprint density at radius 3 is 2.13 bits per heavy atom. The summed E-state index contributed by atoms with van der Waals surface area (Å²) in [5.41, 5.74) is -0.279. The quantitative estimate of drug-likeness (QED) is 0.832. The van der Waals surface area contributed by atoms with Crippen molar-refractivity contribution in [3.63, 3.8) is 0 Å². The zero-order valence-corrected chi connectivity index (χ0v) is 8.65. The number of hydrogen-bond donors (Lipinski definition) is 1. The highest BCUT2D eigenvalue weighted by molar-refractivity contribution is 5.46. The molecule has 0 heterocycles. The number of anilines is 1. The van der Waals surface area contributed by atoms with Crippen LogP contribution < -0.4 is 5.32 Å². The average molecular weight is 218 g/mol. The molecule has 0 radical (unpaired) electrons. The van der Waals surface area contributed by atoms with Crippen LogP contribution in [0.15, 0.2) is 12.1 Å². The van der Waals surface area contributed by atoms with E-state index in [0.29, 0.717) is 25.2 Å². The van der Waals surface area contributed by atoms with E-state index in [0.717, 1.165) is 0 Å². The normalized spacial score (nSPS) is 10.8. The summed E-state index contributed by atoms with van der Waals surface area (Å²) >= 11 is 0. The predicted molar refractivity (Wildman–Crippen MR) is 53.4 cm³/mol. The Kier molecular flexibility index (Phi) is 3.96. The van der Waals surface area contributed by atoms with E-state index in [4.69, 9.17) is 0 Å². The molecule has 2 nitrogen and oxygen atoms in total. The van der Waals surface area contributed by atoms with Crippen LogP contribution >= 0.6 is 0 Å². The highest BCUT2D eigenvalue weighted by Gasteiger charge is 2.10. The molecule has 1 N–H and O–H groups in total. The van der Waals surface area contributed by atoms with E-state index < -0.39 is 17.5 Å². The molecule has 0 spiro atoms. The molecule has 0 atom stereocenters. The molecular formula is C10H13F3N2. The topological polar surface area (TPSA) is 15.3 Å². The SMILES string of the molecule is CN(C)CCNc1c(F)cc(F)cc1F. The van der Waals surface area contributed by atoms with Gasteiger partial charge in [0.05, 0.1) is 0 Å². The molecule has 84 valence electrons. The average Bonchev–Trinajstić information content (AvgIpc) is 2.08. The molecule has 0 bridgehead atoms. The molecule has 0 saturated heterocycles. The minimum Gasteiger partial charge on any atom is -0.379 e.